The third-order valence-corrected chi connectivity index (χ3v) is 2.24. The predicted molar refractivity (Wildman–Crippen MR) is 71.3 cm³/mol. The minimum Gasteiger partial charge on any atom is -0.444 e. The molecule has 0 rings (SSSR count). The van der Waals surface area contributed by atoms with Crippen molar-refractivity contribution in [3.63, 3.8) is 0 Å². The molecule has 5 heteroatoms. The molecule has 0 aliphatic heterocycles. The standard InChI is InChI=1S/C13H24N2O3/c1-7-11(16)14(5)9-8-10-15(6)12(17)18-13(2,3)4/h7H,1,8-10H2,2-6H3. The summed E-state index contributed by atoms with van der Waals surface area (Å²) in [6.45, 7) is 10.0. The largest absolute Gasteiger partial charge is 0.444 e. The zero-order valence-electron chi connectivity index (χ0n) is 12.0. The van der Waals surface area contributed by atoms with Gasteiger partial charge >= 0.3 is 6.09 Å². The van der Waals surface area contributed by atoms with Crippen molar-refractivity contribution in [1.82, 2.24) is 9.80 Å². The number of nitrogens with zero attached hydrogens (tertiary/aromatic N) is 2. The summed E-state index contributed by atoms with van der Waals surface area (Å²) < 4.78 is 5.22. The molecule has 0 radical (unpaired) electrons. The molecular formula is C13H24N2O3. The lowest BCUT2D eigenvalue weighted by molar-refractivity contribution is -0.124. The van der Waals surface area contributed by atoms with Crippen LogP contribution in [0, 0.1) is 0 Å². The van der Waals surface area contributed by atoms with Gasteiger partial charge in [0.15, 0.2) is 0 Å². The van der Waals surface area contributed by atoms with Crippen molar-refractivity contribution in [3.8, 4) is 0 Å². The van der Waals surface area contributed by atoms with Gasteiger partial charge in [-0.05, 0) is 33.3 Å². The van der Waals surface area contributed by atoms with E-state index in [0.29, 0.717) is 19.5 Å². The Labute approximate surface area is 109 Å². The summed E-state index contributed by atoms with van der Waals surface area (Å²) in [5.74, 6) is -0.116. The molecule has 104 valence electrons. The fraction of sp³-hybridized carbons (Fsp3) is 0.692. The Morgan fingerprint density at radius 3 is 2.11 bits per heavy atom. The molecule has 5 nitrogen and oxygen atoms in total. The summed E-state index contributed by atoms with van der Waals surface area (Å²) in [5, 5.41) is 0. The molecule has 2 amide bonds. The summed E-state index contributed by atoms with van der Waals surface area (Å²) in [4.78, 5) is 25.9. The summed E-state index contributed by atoms with van der Waals surface area (Å²) in [6, 6.07) is 0. The molecule has 0 atom stereocenters. The van der Waals surface area contributed by atoms with E-state index in [9.17, 15) is 9.59 Å². The van der Waals surface area contributed by atoms with Gasteiger partial charge in [0.2, 0.25) is 5.91 Å². The Morgan fingerprint density at radius 1 is 1.17 bits per heavy atom. The van der Waals surface area contributed by atoms with Gasteiger partial charge in [-0.15, -0.1) is 0 Å². The van der Waals surface area contributed by atoms with Crippen LogP contribution in [-0.4, -0.2) is 54.6 Å². The van der Waals surface area contributed by atoms with E-state index in [1.807, 2.05) is 20.8 Å². The number of ether oxygens (including phenoxy) is 1. The molecule has 0 aromatic heterocycles. The van der Waals surface area contributed by atoms with Gasteiger partial charge in [-0.3, -0.25) is 4.79 Å². The molecule has 0 aliphatic rings. The topological polar surface area (TPSA) is 49.9 Å². The molecule has 18 heavy (non-hydrogen) atoms. The van der Waals surface area contributed by atoms with E-state index in [1.54, 1.807) is 19.0 Å². The minimum absolute atomic E-state index is 0.116. The molecule has 0 aliphatic carbocycles. The van der Waals surface area contributed by atoms with Crippen LogP contribution in [0.15, 0.2) is 12.7 Å². The van der Waals surface area contributed by atoms with E-state index < -0.39 is 5.60 Å². The van der Waals surface area contributed by atoms with Gasteiger partial charge in [-0.25, -0.2) is 4.79 Å². The average Bonchev–Trinajstić information content (AvgIpc) is 2.25. The second kappa shape index (κ2) is 7.03. The molecule has 0 bridgehead atoms. The molecule has 0 aromatic rings. The Bertz CT molecular complexity index is 308. The van der Waals surface area contributed by atoms with Crippen molar-refractivity contribution < 1.29 is 14.3 Å². The third-order valence-electron chi connectivity index (χ3n) is 2.24. The van der Waals surface area contributed by atoms with E-state index in [0.717, 1.165) is 0 Å². The van der Waals surface area contributed by atoms with Crippen LogP contribution in [0.1, 0.15) is 27.2 Å². The van der Waals surface area contributed by atoms with Crippen LogP contribution in [0.3, 0.4) is 0 Å². The first-order chi connectivity index (χ1) is 8.17. The monoisotopic (exact) mass is 256 g/mol. The van der Waals surface area contributed by atoms with Crippen LogP contribution in [0.4, 0.5) is 4.79 Å². The van der Waals surface area contributed by atoms with Crippen molar-refractivity contribution in [2.45, 2.75) is 32.8 Å². The van der Waals surface area contributed by atoms with Gasteiger partial charge in [0.05, 0.1) is 0 Å². The molecule has 0 spiro atoms. The van der Waals surface area contributed by atoms with Crippen LogP contribution in [0.5, 0.6) is 0 Å². The fourth-order valence-corrected chi connectivity index (χ4v) is 1.24. The molecular weight excluding hydrogens is 232 g/mol. The van der Waals surface area contributed by atoms with E-state index in [2.05, 4.69) is 6.58 Å². The van der Waals surface area contributed by atoms with Gasteiger partial charge in [0, 0.05) is 27.2 Å². The maximum atomic E-state index is 11.6. The third kappa shape index (κ3) is 6.93. The smallest absolute Gasteiger partial charge is 0.410 e. The first-order valence-corrected chi connectivity index (χ1v) is 5.99. The number of amides is 2. The lowest BCUT2D eigenvalue weighted by Gasteiger charge is -2.25. The molecule has 0 unspecified atom stereocenters. The van der Waals surface area contributed by atoms with Gasteiger partial charge in [-0.2, -0.15) is 0 Å². The first-order valence-electron chi connectivity index (χ1n) is 5.99. The number of hydrogen-bond donors (Lipinski definition) is 0. The summed E-state index contributed by atoms with van der Waals surface area (Å²) in [6.07, 6.45) is 1.63. The van der Waals surface area contributed by atoms with Crippen molar-refractivity contribution in [1.29, 1.82) is 0 Å². The lowest BCUT2D eigenvalue weighted by atomic mass is 10.2. The fourth-order valence-electron chi connectivity index (χ4n) is 1.24. The maximum Gasteiger partial charge on any atom is 0.410 e. The highest BCUT2D eigenvalue weighted by Gasteiger charge is 2.19. The highest BCUT2D eigenvalue weighted by Crippen LogP contribution is 2.09. The van der Waals surface area contributed by atoms with Crippen LogP contribution < -0.4 is 0 Å². The number of hydrogen-bond acceptors (Lipinski definition) is 3. The molecule has 0 saturated carbocycles. The molecule has 0 N–H and O–H groups in total. The van der Waals surface area contributed by atoms with Crippen LogP contribution in [-0.2, 0) is 9.53 Å². The van der Waals surface area contributed by atoms with Crippen molar-refractivity contribution >= 4 is 12.0 Å². The summed E-state index contributed by atoms with van der Waals surface area (Å²) >= 11 is 0. The SMILES string of the molecule is C=CC(=O)N(C)CCCN(C)C(=O)OC(C)(C)C. The lowest BCUT2D eigenvalue weighted by Crippen LogP contribution is -2.36. The maximum absolute atomic E-state index is 11.6. The summed E-state index contributed by atoms with van der Waals surface area (Å²) in [5.41, 5.74) is -0.485. The number of likely N-dealkylation sites (N-methyl/N-ethyl adjacent to an activating group) is 1. The highest BCUT2D eigenvalue weighted by molar-refractivity contribution is 5.86. The zero-order chi connectivity index (χ0) is 14.3. The second-order valence-corrected chi connectivity index (χ2v) is 5.22. The Kier molecular flexibility index (Phi) is 6.44. The molecule has 0 fully saturated rings. The van der Waals surface area contributed by atoms with Crippen LogP contribution >= 0.6 is 0 Å². The molecule has 0 aromatic carbocycles. The van der Waals surface area contributed by atoms with Crippen molar-refractivity contribution in [3.05, 3.63) is 12.7 Å². The Morgan fingerprint density at radius 2 is 1.67 bits per heavy atom. The van der Waals surface area contributed by atoms with E-state index in [-0.39, 0.29) is 12.0 Å². The minimum atomic E-state index is -0.485. The highest BCUT2D eigenvalue weighted by atomic mass is 16.6. The number of carbonyl (C=O) groups is 2. The Balaban J connectivity index is 3.97. The van der Waals surface area contributed by atoms with Crippen LogP contribution in [0.2, 0.25) is 0 Å². The van der Waals surface area contributed by atoms with Crippen molar-refractivity contribution in [2.24, 2.45) is 0 Å². The quantitative estimate of drug-likeness (QED) is 0.706. The van der Waals surface area contributed by atoms with E-state index >= 15 is 0 Å². The van der Waals surface area contributed by atoms with Crippen molar-refractivity contribution in [2.75, 3.05) is 27.2 Å². The zero-order valence-corrected chi connectivity index (χ0v) is 12.0. The first kappa shape index (κ1) is 16.5. The predicted octanol–water partition coefficient (Wildman–Crippen LogP) is 1.89. The van der Waals surface area contributed by atoms with Gasteiger partial charge in [0.1, 0.15) is 5.60 Å². The van der Waals surface area contributed by atoms with E-state index in [1.165, 1.54) is 11.0 Å². The second-order valence-electron chi connectivity index (χ2n) is 5.22. The van der Waals surface area contributed by atoms with Gasteiger partial charge in [-0.1, -0.05) is 6.58 Å². The van der Waals surface area contributed by atoms with Gasteiger partial charge in [0.25, 0.3) is 0 Å². The average molecular weight is 256 g/mol. The number of carbonyl (C=O) groups excluding carboxylic acids is 2. The molecule has 0 saturated heterocycles. The summed E-state index contributed by atoms with van der Waals surface area (Å²) in [7, 11) is 3.39. The van der Waals surface area contributed by atoms with E-state index in [4.69, 9.17) is 4.74 Å². The Hall–Kier alpha value is -1.52. The number of rotatable bonds is 5. The normalized spacial score (nSPS) is 10.7. The van der Waals surface area contributed by atoms with Crippen LogP contribution in [0.25, 0.3) is 0 Å². The molecule has 0 heterocycles. The van der Waals surface area contributed by atoms with Gasteiger partial charge < -0.3 is 14.5 Å².